The first-order valence-electron chi connectivity index (χ1n) is 11.3. The van der Waals surface area contributed by atoms with E-state index in [1.54, 1.807) is 42.5 Å². The molecule has 36 heavy (non-hydrogen) atoms. The summed E-state index contributed by atoms with van der Waals surface area (Å²) in [5.41, 5.74) is 1.11. The topological polar surface area (TPSA) is 124 Å². The van der Waals surface area contributed by atoms with Gasteiger partial charge < -0.3 is 5.32 Å². The number of hydrogen-bond donors (Lipinski definition) is 1. The highest BCUT2D eigenvalue weighted by molar-refractivity contribution is 6.08. The SMILES string of the molecule is CCC(NC(=O)c1ccc2c(=C(C#N)C#N)c3ccccc3c(=C(C#N)C#N)c2c1)c1ccccc1. The third kappa shape index (κ3) is 4.12. The van der Waals surface area contributed by atoms with Crippen molar-refractivity contribution in [1.29, 1.82) is 21.0 Å². The van der Waals surface area contributed by atoms with Crippen LogP contribution < -0.4 is 15.8 Å². The number of amides is 1. The number of benzene rings is 4. The first kappa shape index (κ1) is 23.7. The molecule has 170 valence electrons. The van der Waals surface area contributed by atoms with E-state index in [-0.39, 0.29) is 23.1 Å². The van der Waals surface area contributed by atoms with Crippen molar-refractivity contribution in [3.05, 3.63) is 94.4 Å². The quantitative estimate of drug-likeness (QED) is 0.451. The predicted molar refractivity (Wildman–Crippen MR) is 137 cm³/mol. The summed E-state index contributed by atoms with van der Waals surface area (Å²) in [4.78, 5) is 13.3. The van der Waals surface area contributed by atoms with Crippen LogP contribution in [0.3, 0.4) is 0 Å². The number of nitrogens with one attached hydrogen (secondary N) is 1. The zero-order chi connectivity index (χ0) is 25.7. The minimum absolute atomic E-state index is 0.0921. The molecule has 0 aliphatic rings. The molecule has 6 nitrogen and oxygen atoms in total. The Labute approximate surface area is 207 Å². The highest BCUT2D eigenvalue weighted by Gasteiger charge is 2.17. The van der Waals surface area contributed by atoms with Crippen molar-refractivity contribution in [3.8, 4) is 24.3 Å². The highest BCUT2D eigenvalue weighted by atomic mass is 16.1. The van der Waals surface area contributed by atoms with Crippen LogP contribution in [0.25, 0.3) is 32.7 Å². The smallest absolute Gasteiger partial charge is 0.251 e. The fraction of sp³-hybridized carbons (Fsp3) is 0.100. The standard InChI is InChI=1S/C30H19N5O/c1-2-27(19-8-4-3-5-9-19)35-30(36)20-12-13-25-26(14-20)29(22(17-33)18-34)24-11-7-6-10-23(24)28(25)21(15-31)16-32/h3-14,27H,2H2,1H3,(H,35,36). The molecular weight excluding hydrogens is 446 g/mol. The monoisotopic (exact) mass is 465 g/mol. The van der Waals surface area contributed by atoms with Crippen molar-refractivity contribution in [2.45, 2.75) is 19.4 Å². The summed E-state index contributed by atoms with van der Waals surface area (Å²) >= 11 is 0. The summed E-state index contributed by atoms with van der Waals surface area (Å²) in [5, 5.41) is 44.7. The molecule has 0 aliphatic carbocycles. The largest absolute Gasteiger partial charge is 0.345 e. The molecule has 0 saturated carbocycles. The van der Waals surface area contributed by atoms with Gasteiger partial charge in [0.25, 0.3) is 5.91 Å². The molecule has 1 atom stereocenters. The average molecular weight is 466 g/mol. The Kier molecular flexibility index (Phi) is 6.74. The lowest BCUT2D eigenvalue weighted by Crippen LogP contribution is -2.28. The summed E-state index contributed by atoms with van der Waals surface area (Å²) in [5.74, 6) is -0.312. The number of rotatable bonds is 4. The van der Waals surface area contributed by atoms with Gasteiger partial charge in [0.05, 0.1) is 6.04 Å². The lowest BCUT2D eigenvalue weighted by molar-refractivity contribution is 0.0935. The van der Waals surface area contributed by atoms with Gasteiger partial charge in [-0.15, -0.1) is 0 Å². The molecular formula is C30H19N5O. The van der Waals surface area contributed by atoms with E-state index >= 15 is 0 Å². The van der Waals surface area contributed by atoms with Crippen LogP contribution in [0.15, 0.2) is 72.8 Å². The van der Waals surface area contributed by atoms with Gasteiger partial charge in [-0.25, -0.2) is 0 Å². The van der Waals surface area contributed by atoms with Crippen LogP contribution in [0.4, 0.5) is 0 Å². The van der Waals surface area contributed by atoms with Crippen LogP contribution in [0.2, 0.25) is 0 Å². The highest BCUT2D eigenvalue weighted by Crippen LogP contribution is 2.20. The van der Waals surface area contributed by atoms with Gasteiger partial charge in [-0.3, -0.25) is 4.79 Å². The van der Waals surface area contributed by atoms with Gasteiger partial charge in [0.1, 0.15) is 35.4 Å². The molecule has 0 aromatic heterocycles. The number of nitriles is 4. The van der Waals surface area contributed by atoms with E-state index in [0.717, 1.165) is 5.56 Å². The predicted octanol–water partition coefficient (Wildman–Crippen LogP) is 4.27. The average Bonchev–Trinajstić information content (AvgIpc) is 2.93. The van der Waals surface area contributed by atoms with E-state index in [4.69, 9.17) is 0 Å². The molecule has 0 bridgehead atoms. The zero-order valence-electron chi connectivity index (χ0n) is 19.4. The molecule has 0 aliphatic heterocycles. The van der Waals surface area contributed by atoms with Crippen LogP contribution in [0.1, 0.15) is 35.3 Å². The molecule has 6 heteroatoms. The van der Waals surface area contributed by atoms with Gasteiger partial charge in [-0.2, -0.15) is 21.0 Å². The lowest BCUT2D eigenvalue weighted by atomic mass is 9.92. The van der Waals surface area contributed by atoms with Crippen molar-refractivity contribution in [1.82, 2.24) is 5.32 Å². The number of carbonyl (C=O) groups is 1. The summed E-state index contributed by atoms with van der Waals surface area (Å²) in [7, 11) is 0. The summed E-state index contributed by atoms with van der Waals surface area (Å²) in [6.07, 6.45) is 0.687. The second-order valence-corrected chi connectivity index (χ2v) is 8.10. The van der Waals surface area contributed by atoms with Crippen molar-refractivity contribution in [2.75, 3.05) is 0 Å². The Hall–Kier alpha value is -5.43. The fourth-order valence-corrected chi connectivity index (χ4v) is 4.48. The molecule has 0 spiro atoms. The van der Waals surface area contributed by atoms with Crippen LogP contribution >= 0.6 is 0 Å². The van der Waals surface area contributed by atoms with E-state index in [0.29, 0.717) is 44.0 Å². The van der Waals surface area contributed by atoms with E-state index in [9.17, 15) is 25.8 Å². The zero-order valence-corrected chi connectivity index (χ0v) is 19.4. The minimum atomic E-state index is -0.312. The van der Waals surface area contributed by atoms with Crippen molar-refractivity contribution >= 4 is 38.6 Å². The summed E-state index contributed by atoms with van der Waals surface area (Å²) < 4.78 is 0. The maximum absolute atomic E-state index is 13.3. The van der Waals surface area contributed by atoms with Gasteiger partial charge in [0.15, 0.2) is 0 Å². The number of nitrogens with zero attached hydrogens (tertiary/aromatic N) is 4. The summed E-state index contributed by atoms with van der Waals surface area (Å²) in [6.45, 7) is 1.98. The maximum Gasteiger partial charge on any atom is 0.251 e. The number of hydrogen-bond acceptors (Lipinski definition) is 5. The Balaban J connectivity index is 2.06. The van der Waals surface area contributed by atoms with E-state index in [1.807, 2.05) is 61.5 Å². The van der Waals surface area contributed by atoms with Crippen molar-refractivity contribution in [2.24, 2.45) is 0 Å². The molecule has 4 aromatic rings. The number of fused-ring (bicyclic) bond motifs is 2. The molecule has 0 fully saturated rings. The molecule has 1 unspecified atom stereocenters. The van der Waals surface area contributed by atoms with Crippen LogP contribution in [0, 0.1) is 45.3 Å². The van der Waals surface area contributed by atoms with Gasteiger partial charge in [-0.1, -0.05) is 67.6 Å². The van der Waals surface area contributed by atoms with Gasteiger partial charge in [0.2, 0.25) is 0 Å². The van der Waals surface area contributed by atoms with Crippen LogP contribution in [-0.4, -0.2) is 5.91 Å². The van der Waals surface area contributed by atoms with Crippen LogP contribution in [-0.2, 0) is 0 Å². The van der Waals surface area contributed by atoms with Crippen LogP contribution in [0.5, 0.6) is 0 Å². The Morgan fingerprint density at radius 1 is 0.722 bits per heavy atom. The van der Waals surface area contributed by atoms with Gasteiger partial charge in [0, 0.05) is 16.0 Å². The molecule has 0 radical (unpaired) electrons. The maximum atomic E-state index is 13.3. The lowest BCUT2D eigenvalue weighted by Gasteiger charge is -2.18. The third-order valence-electron chi connectivity index (χ3n) is 6.15. The minimum Gasteiger partial charge on any atom is -0.345 e. The molecule has 4 aromatic carbocycles. The van der Waals surface area contributed by atoms with Crippen molar-refractivity contribution < 1.29 is 4.79 Å². The normalized spacial score (nSPS) is 10.9. The fourth-order valence-electron chi connectivity index (χ4n) is 4.48. The molecule has 0 saturated heterocycles. The van der Waals surface area contributed by atoms with E-state index in [1.165, 1.54) is 0 Å². The van der Waals surface area contributed by atoms with E-state index < -0.39 is 0 Å². The number of carbonyl (C=O) groups excluding carboxylic acids is 1. The Morgan fingerprint density at radius 2 is 1.22 bits per heavy atom. The molecule has 1 N–H and O–H groups in total. The Bertz CT molecular complexity index is 1780. The van der Waals surface area contributed by atoms with Gasteiger partial charge >= 0.3 is 0 Å². The Morgan fingerprint density at radius 3 is 1.75 bits per heavy atom. The third-order valence-corrected chi connectivity index (χ3v) is 6.15. The van der Waals surface area contributed by atoms with E-state index in [2.05, 4.69) is 5.32 Å². The molecule has 4 rings (SSSR count). The molecule has 1 amide bonds. The summed E-state index contributed by atoms with van der Waals surface area (Å²) in [6, 6.07) is 29.2. The first-order valence-corrected chi connectivity index (χ1v) is 11.3. The second kappa shape index (κ2) is 10.2. The first-order chi connectivity index (χ1) is 17.6. The van der Waals surface area contributed by atoms with Gasteiger partial charge in [-0.05, 0) is 45.7 Å². The molecule has 0 heterocycles. The van der Waals surface area contributed by atoms with Crippen molar-refractivity contribution in [3.63, 3.8) is 0 Å². The second-order valence-electron chi connectivity index (χ2n) is 8.10.